The Labute approximate surface area is 176 Å². The average Bonchev–Trinajstić information content (AvgIpc) is 2.64. The molecule has 8 heteroatoms. The van der Waals surface area contributed by atoms with Gasteiger partial charge in [0.05, 0.1) is 21.1 Å². The Bertz CT molecular complexity index is 930. The van der Waals surface area contributed by atoms with Crippen molar-refractivity contribution in [1.29, 1.82) is 0 Å². The number of ether oxygens (including phenoxy) is 1. The van der Waals surface area contributed by atoms with Gasteiger partial charge in [0.2, 0.25) is 5.43 Å². The number of carbonyl (C=O) groups excluding carboxylic acids is 1. The van der Waals surface area contributed by atoms with E-state index in [4.69, 9.17) is 27.9 Å². The number of pyridine rings is 1. The second-order valence-electron chi connectivity index (χ2n) is 6.35. The second-order valence-corrected chi connectivity index (χ2v) is 8.02. The number of nitrogens with zero attached hydrogens (tertiary/aromatic N) is 2. The fourth-order valence-corrected chi connectivity index (χ4v) is 3.69. The van der Waals surface area contributed by atoms with E-state index < -0.39 is 0 Å². The van der Waals surface area contributed by atoms with Gasteiger partial charge >= 0.3 is 0 Å². The Morgan fingerprint density at radius 2 is 1.96 bits per heavy atom. The van der Waals surface area contributed by atoms with Crippen molar-refractivity contribution in [1.82, 2.24) is 9.47 Å². The van der Waals surface area contributed by atoms with Crippen molar-refractivity contribution in [3.8, 4) is 5.75 Å². The first-order valence-electron chi connectivity index (χ1n) is 8.71. The Hall–Kier alpha value is -1.50. The maximum absolute atomic E-state index is 13.1. The maximum atomic E-state index is 13.1. The van der Waals surface area contributed by atoms with Crippen LogP contribution in [0.4, 0.5) is 0 Å². The number of rotatable bonds is 6. The molecular weight excluding hydrogens is 455 g/mol. The van der Waals surface area contributed by atoms with Gasteiger partial charge in [0.25, 0.3) is 5.91 Å². The van der Waals surface area contributed by atoms with Crippen LogP contribution in [0.3, 0.4) is 0 Å². The summed E-state index contributed by atoms with van der Waals surface area (Å²) in [5.74, 6) is -0.120. The molecule has 0 radical (unpaired) electrons. The van der Waals surface area contributed by atoms with Gasteiger partial charge < -0.3 is 14.2 Å². The van der Waals surface area contributed by atoms with Crippen LogP contribution in [0.2, 0.25) is 10.0 Å². The van der Waals surface area contributed by atoms with E-state index in [1.807, 2.05) is 13.0 Å². The summed E-state index contributed by atoms with van der Waals surface area (Å²) in [6.45, 7) is 3.92. The van der Waals surface area contributed by atoms with Gasteiger partial charge in [-0.3, -0.25) is 9.59 Å². The summed E-state index contributed by atoms with van der Waals surface area (Å²) in [5, 5.41) is 0.918. The molecule has 1 aromatic heterocycles. The fraction of sp³-hybridized carbons (Fsp3) is 0.368. The van der Waals surface area contributed by atoms with Gasteiger partial charge in [0.15, 0.2) is 11.4 Å². The molecule has 0 bridgehead atoms. The number of hydrogen-bond acceptors (Lipinski definition) is 3. The van der Waals surface area contributed by atoms with Crippen LogP contribution < -0.4 is 10.2 Å². The number of fused-ring (bicyclic) bond motifs is 1. The first-order chi connectivity index (χ1) is 12.9. The molecule has 5 nitrogen and oxygen atoms in total. The van der Waals surface area contributed by atoms with Crippen molar-refractivity contribution >= 4 is 45.0 Å². The number of carbonyl (C=O) groups is 1. The quantitative estimate of drug-likeness (QED) is 0.568. The van der Waals surface area contributed by atoms with Crippen molar-refractivity contribution < 1.29 is 9.53 Å². The summed E-state index contributed by atoms with van der Waals surface area (Å²) in [6, 6.07) is 5.30. The van der Waals surface area contributed by atoms with Crippen LogP contribution in [-0.4, -0.2) is 28.5 Å². The van der Waals surface area contributed by atoms with E-state index in [-0.39, 0.29) is 17.1 Å². The topological polar surface area (TPSA) is 51.5 Å². The lowest BCUT2D eigenvalue weighted by Crippen LogP contribution is -2.41. The molecule has 3 rings (SSSR count). The highest BCUT2D eigenvalue weighted by atomic mass is 79.9. The number of halogens is 3. The molecule has 0 saturated carbocycles. The number of unbranched alkanes of at least 4 members (excludes halogenated alkanes) is 1. The summed E-state index contributed by atoms with van der Waals surface area (Å²) in [7, 11) is 0. The predicted molar refractivity (Wildman–Crippen MR) is 110 cm³/mol. The van der Waals surface area contributed by atoms with Gasteiger partial charge in [0, 0.05) is 25.8 Å². The Balaban J connectivity index is 1.91. The van der Waals surface area contributed by atoms with Crippen LogP contribution in [0.5, 0.6) is 5.75 Å². The summed E-state index contributed by atoms with van der Waals surface area (Å²) in [4.78, 5) is 27.3. The minimum absolute atomic E-state index is 0.113. The van der Waals surface area contributed by atoms with E-state index in [1.54, 1.807) is 27.8 Å². The lowest BCUT2D eigenvalue weighted by atomic mass is 10.1. The molecule has 0 atom stereocenters. The molecule has 0 fully saturated rings. The Morgan fingerprint density at radius 1 is 1.19 bits per heavy atom. The standard InChI is InChI=1S/C19H19BrCl2N2O3/c1-2-3-8-27-18-16-19(26)24(7-6-23(16)11-13(20)17(18)25)10-12-4-5-14(21)15(22)9-12/h4-5,9,11H,2-3,6-8,10H2,1H3. The van der Waals surface area contributed by atoms with Crippen molar-refractivity contribution in [2.24, 2.45) is 0 Å². The van der Waals surface area contributed by atoms with Gasteiger partial charge in [-0.2, -0.15) is 0 Å². The molecule has 2 aromatic rings. The third-order valence-electron chi connectivity index (χ3n) is 4.40. The second kappa shape index (κ2) is 8.67. The maximum Gasteiger partial charge on any atom is 0.274 e. The lowest BCUT2D eigenvalue weighted by molar-refractivity contribution is 0.0680. The highest BCUT2D eigenvalue weighted by Gasteiger charge is 2.30. The Morgan fingerprint density at radius 3 is 2.67 bits per heavy atom. The molecular formula is C19H19BrCl2N2O3. The molecule has 0 unspecified atom stereocenters. The zero-order valence-electron chi connectivity index (χ0n) is 14.8. The summed E-state index contributed by atoms with van der Waals surface area (Å²) >= 11 is 15.3. The predicted octanol–water partition coefficient (Wildman–Crippen LogP) is 4.75. The van der Waals surface area contributed by atoms with Crippen molar-refractivity contribution in [3.05, 3.63) is 60.4 Å². The molecule has 0 aliphatic carbocycles. The first-order valence-corrected chi connectivity index (χ1v) is 10.3. The van der Waals surface area contributed by atoms with E-state index in [0.717, 1.165) is 18.4 Å². The van der Waals surface area contributed by atoms with Crippen molar-refractivity contribution in [2.75, 3.05) is 13.2 Å². The zero-order chi connectivity index (χ0) is 19.6. The minimum Gasteiger partial charge on any atom is -0.487 e. The number of amides is 1. The molecule has 144 valence electrons. The van der Waals surface area contributed by atoms with Gasteiger partial charge in [-0.15, -0.1) is 0 Å². The fourth-order valence-electron chi connectivity index (χ4n) is 2.94. The van der Waals surface area contributed by atoms with Crippen molar-refractivity contribution in [3.63, 3.8) is 0 Å². The SMILES string of the molecule is CCCCOc1c2n(cc(Br)c1=O)CCN(Cc1ccc(Cl)c(Cl)c1)C2=O. The Kier molecular flexibility index (Phi) is 6.50. The number of hydrogen-bond donors (Lipinski definition) is 0. The highest BCUT2D eigenvalue weighted by molar-refractivity contribution is 9.10. The molecule has 27 heavy (non-hydrogen) atoms. The zero-order valence-corrected chi connectivity index (χ0v) is 17.9. The summed E-state index contributed by atoms with van der Waals surface area (Å²) < 4.78 is 7.88. The van der Waals surface area contributed by atoms with E-state index in [2.05, 4.69) is 15.9 Å². The number of benzene rings is 1. The molecule has 1 aromatic carbocycles. The monoisotopic (exact) mass is 472 g/mol. The highest BCUT2D eigenvalue weighted by Crippen LogP contribution is 2.27. The molecule has 1 amide bonds. The minimum atomic E-state index is -0.304. The van der Waals surface area contributed by atoms with Gasteiger partial charge in [-0.05, 0) is 40.0 Å². The number of aromatic nitrogens is 1. The smallest absolute Gasteiger partial charge is 0.274 e. The van der Waals surface area contributed by atoms with E-state index in [0.29, 0.717) is 46.5 Å². The largest absolute Gasteiger partial charge is 0.487 e. The third-order valence-corrected chi connectivity index (χ3v) is 5.70. The van der Waals surface area contributed by atoms with Crippen LogP contribution in [0, 0.1) is 0 Å². The lowest BCUT2D eigenvalue weighted by Gasteiger charge is -2.31. The first kappa shape index (κ1) is 20.2. The summed E-state index contributed by atoms with van der Waals surface area (Å²) in [6.07, 6.45) is 3.40. The molecule has 2 heterocycles. The normalized spacial score (nSPS) is 13.6. The molecule has 1 aliphatic rings. The molecule has 0 spiro atoms. The molecule has 0 N–H and O–H groups in total. The van der Waals surface area contributed by atoms with Crippen LogP contribution in [0.15, 0.2) is 33.7 Å². The van der Waals surface area contributed by atoms with Crippen LogP contribution in [-0.2, 0) is 13.1 Å². The third kappa shape index (κ3) is 4.33. The van der Waals surface area contributed by atoms with Gasteiger partial charge in [-0.1, -0.05) is 42.6 Å². The molecule has 0 saturated heterocycles. The molecule has 1 aliphatic heterocycles. The van der Waals surface area contributed by atoms with E-state index >= 15 is 0 Å². The summed E-state index contributed by atoms with van der Waals surface area (Å²) in [5.41, 5.74) is 0.867. The van der Waals surface area contributed by atoms with E-state index in [1.165, 1.54) is 0 Å². The van der Waals surface area contributed by atoms with Gasteiger partial charge in [-0.25, -0.2) is 0 Å². The van der Waals surface area contributed by atoms with Crippen LogP contribution in [0.1, 0.15) is 35.8 Å². The van der Waals surface area contributed by atoms with Crippen LogP contribution >= 0.6 is 39.1 Å². The van der Waals surface area contributed by atoms with E-state index in [9.17, 15) is 9.59 Å². The van der Waals surface area contributed by atoms with Crippen molar-refractivity contribution in [2.45, 2.75) is 32.9 Å². The average molecular weight is 474 g/mol. The van der Waals surface area contributed by atoms with Gasteiger partial charge in [0.1, 0.15) is 0 Å². The van der Waals surface area contributed by atoms with Crippen LogP contribution in [0.25, 0.3) is 0 Å².